The molecule has 0 aliphatic carbocycles. The van der Waals surface area contributed by atoms with E-state index in [2.05, 4.69) is 0 Å². The molecule has 1 unspecified atom stereocenters. The number of carboxylic acids is 1. The number of carbonyl (C=O) groups is 1. The minimum absolute atomic E-state index is 0. The van der Waals surface area contributed by atoms with Crippen molar-refractivity contribution in [2.75, 3.05) is 0 Å². The van der Waals surface area contributed by atoms with Gasteiger partial charge in [-0.3, -0.25) is 4.79 Å². The van der Waals surface area contributed by atoms with Crippen LogP contribution < -0.4 is 0 Å². The van der Waals surface area contributed by atoms with Gasteiger partial charge in [0.2, 0.25) is 0 Å². The van der Waals surface area contributed by atoms with Crippen molar-refractivity contribution < 1.29 is 9.90 Å². The second-order valence-corrected chi connectivity index (χ2v) is 1.65. The van der Waals surface area contributed by atoms with Crippen molar-refractivity contribution in [3.63, 3.8) is 0 Å². The van der Waals surface area contributed by atoms with Crippen LogP contribution >= 0.6 is 0 Å². The normalized spacial score (nSPS) is 11.8. The fourth-order valence-corrected chi connectivity index (χ4v) is 0.175. The monoisotopic (exact) mass is 128 g/mol. The van der Waals surface area contributed by atoms with Gasteiger partial charge in [-0.05, 0) is 6.42 Å². The highest BCUT2D eigenvalue weighted by molar-refractivity contribution is 5.75. The summed E-state index contributed by atoms with van der Waals surface area (Å²) in [5.74, 6) is -0.887. The van der Waals surface area contributed by atoms with E-state index < -0.39 is 5.97 Å². The molecule has 0 aromatic rings. The van der Waals surface area contributed by atoms with Gasteiger partial charge in [0.05, 0.1) is 5.92 Å². The minimum Gasteiger partial charge on any atom is -0.481 e. The summed E-state index contributed by atoms with van der Waals surface area (Å²) in [5, 5.41) is 8.18. The lowest BCUT2D eigenvalue weighted by Gasteiger charge is -1.96. The van der Waals surface area contributed by atoms with Crippen molar-refractivity contribution in [3.05, 3.63) is 0 Å². The fraction of sp³-hybridized carbons (Fsp3) is 0.800. The molecule has 0 aromatic carbocycles. The highest BCUT2D eigenvalue weighted by Crippen LogP contribution is 1.97. The van der Waals surface area contributed by atoms with Crippen molar-refractivity contribution in [2.45, 2.75) is 20.3 Å². The molecule has 0 radical (unpaired) electrons. The summed E-state index contributed by atoms with van der Waals surface area (Å²) in [6.45, 7) is 3.56. The molecule has 0 heterocycles. The van der Waals surface area contributed by atoms with Gasteiger partial charge >= 0.3 is 29.0 Å². The molecule has 0 bridgehead atoms. The predicted molar refractivity (Wildman–Crippen MR) is 35.6 cm³/mol. The van der Waals surface area contributed by atoms with Gasteiger partial charge in [0.1, 0.15) is 0 Å². The van der Waals surface area contributed by atoms with E-state index in [0.29, 0.717) is 0 Å². The molecule has 0 amide bonds. The lowest BCUT2D eigenvalue weighted by Crippen LogP contribution is -2.06. The summed E-state index contributed by atoms with van der Waals surface area (Å²) in [6.07, 6.45) is 0.718. The predicted octanol–water partition coefficient (Wildman–Crippen LogP) is 0.201. The van der Waals surface area contributed by atoms with E-state index in [-0.39, 0.29) is 29.0 Å². The van der Waals surface area contributed by atoms with Crippen LogP contribution in [-0.4, -0.2) is 34.1 Å². The Bertz CT molecular complexity index is 72.8. The van der Waals surface area contributed by atoms with Crippen molar-refractivity contribution in [1.82, 2.24) is 0 Å². The average molecular weight is 128 g/mol. The second-order valence-electron chi connectivity index (χ2n) is 1.65. The molecule has 8 heavy (non-hydrogen) atoms. The maximum absolute atomic E-state index is 9.93. The molecule has 2 nitrogen and oxygen atoms in total. The fourth-order valence-electron chi connectivity index (χ4n) is 0.175. The Morgan fingerprint density at radius 3 is 2.12 bits per heavy atom. The summed E-state index contributed by atoms with van der Waals surface area (Å²) >= 11 is 0. The molecular weight excluding hydrogens is 116 g/mol. The van der Waals surface area contributed by atoms with Crippen LogP contribution in [-0.2, 0) is 4.79 Å². The smallest absolute Gasteiger partial charge is 0.316 e. The molecule has 0 aliphatic heterocycles. The van der Waals surface area contributed by atoms with Gasteiger partial charge in [-0.1, -0.05) is 13.8 Å². The Morgan fingerprint density at radius 2 is 2.12 bits per heavy atom. The van der Waals surface area contributed by atoms with Crippen LogP contribution in [0.3, 0.4) is 0 Å². The minimum atomic E-state index is -0.706. The van der Waals surface area contributed by atoms with Crippen LogP contribution in [0.2, 0.25) is 0 Å². The lowest BCUT2D eigenvalue weighted by molar-refractivity contribution is -0.141. The van der Waals surface area contributed by atoms with Gasteiger partial charge in [0, 0.05) is 0 Å². The number of carboxylic acid groups (broad SMARTS) is 1. The van der Waals surface area contributed by atoms with Gasteiger partial charge < -0.3 is 5.11 Å². The molecule has 1 N–H and O–H groups in total. The Morgan fingerprint density at radius 1 is 1.75 bits per heavy atom. The van der Waals surface area contributed by atoms with Gasteiger partial charge in [-0.15, -0.1) is 0 Å². The molecular formula is C5H12MgO2. The van der Waals surface area contributed by atoms with Crippen molar-refractivity contribution >= 4 is 29.0 Å². The molecule has 0 aliphatic rings. The van der Waals surface area contributed by atoms with Crippen molar-refractivity contribution in [1.29, 1.82) is 0 Å². The number of hydrogen-bond acceptors (Lipinski definition) is 1. The zero-order valence-electron chi connectivity index (χ0n) is 4.64. The topological polar surface area (TPSA) is 37.3 Å². The van der Waals surface area contributed by atoms with E-state index in [9.17, 15) is 4.79 Å². The quantitative estimate of drug-likeness (QED) is 0.540. The molecule has 0 aromatic heterocycles. The first-order chi connectivity index (χ1) is 3.18. The molecule has 0 saturated heterocycles. The molecule has 3 heteroatoms. The van der Waals surface area contributed by atoms with Crippen LogP contribution in [0.1, 0.15) is 20.3 Å². The Balaban J connectivity index is 0. The Hall–Kier alpha value is 0.236. The molecule has 0 rings (SSSR count). The first-order valence-electron chi connectivity index (χ1n) is 2.41. The molecule has 46 valence electrons. The highest BCUT2D eigenvalue weighted by atomic mass is 24.3. The third-order valence-corrected chi connectivity index (χ3v) is 1.03. The first kappa shape index (κ1) is 11.1. The zero-order chi connectivity index (χ0) is 5.86. The summed E-state index contributed by atoms with van der Waals surface area (Å²) in [4.78, 5) is 9.93. The summed E-state index contributed by atoms with van der Waals surface area (Å²) in [7, 11) is 0. The maximum atomic E-state index is 9.93. The van der Waals surface area contributed by atoms with Crippen LogP contribution in [0.5, 0.6) is 0 Å². The van der Waals surface area contributed by atoms with Crippen LogP contribution in [0, 0.1) is 5.92 Å². The van der Waals surface area contributed by atoms with E-state index >= 15 is 0 Å². The third kappa shape index (κ3) is 4.40. The van der Waals surface area contributed by atoms with Crippen LogP contribution in [0.15, 0.2) is 0 Å². The SMILES string of the molecule is CCC(C)C(=O)O.[MgH2]. The van der Waals surface area contributed by atoms with Gasteiger partial charge in [-0.25, -0.2) is 0 Å². The number of hydrogen-bond donors (Lipinski definition) is 1. The van der Waals surface area contributed by atoms with E-state index in [1.807, 2.05) is 6.92 Å². The third-order valence-electron chi connectivity index (χ3n) is 1.03. The van der Waals surface area contributed by atoms with Gasteiger partial charge in [0.15, 0.2) is 0 Å². The number of rotatable bonds is 2. The van der Waals surface area contributed by atoms with Crippen molar-refractivity contribution in [3.8, 4) is 0 Å². The van der Waals surface area contributed by atoms with Crippen molar-refractivity contribution in [2.24, 2.45) is 5.92 Å². The Labute approximate surface area is 65.4 Å². The Kier molecular flexibility index (Phi) is 7.45. The van der Waals surface area contributed by atoms with E-state index in [4.69, 9.17) is 5.11 Å². The molecule has 0 spiro atoms. The van der Waals surface area contributed by atoms with Crippen LogP contribution in [0.25, 0.3) is 0 Å². The summed E-state index contributed by atoms with van der Waals surface area (Å²) in [5.41, 5.74) is 0. The molecule has 0 fully saturated rings. The summed E-state index contributed by atoms with van der Waals surface area (Å²) < 4.78 is 0. The van der Waals surface area contributed by atoms with E-state index in [1.54, 1.807) is 6.92 Å². The van der Waals surface area contributed by atoms with E-state index in [0.717, 1.165) is 6.42 Å². The number of aliphatic carboxylic acids is 1. The second kappa shape index (κ2) is 5.37. The van der Waals surface area contributed by atoms with Crippen LogP contribution in [0.4, 0.5) is 0 Å². The van der Waals surface area contributed by atoms with Gasteiger partial charge in [0.25, 0.3) is 0 Å². The maximum Gasteiger partial charge on any atom is 0.316 e. The first-order valence-corrected chi connectivity index (χ1v) is 2.41. The van der Waals surface area contributed by atoms with Gasteiger partial charge in [-0.2, -0.15) is 0 Å². The zero-order valence-corrected chi connectivity index (χ0v) is 4.64. The molecule has 1 atom stereocenters. The average Bonchev–Trinajstić information content (AvgIpc) is 1.65. The lowest BCUT2D eigenvalue weighted by atomic mass is 10.1. The standard InChI is InChI=1S/C5H10O2.Mg.2H/c1-3-4(2)5(6)7;;;/h4H,3H2,1-2H3,(H,6,7);;;. The molecule has 0 saturated carbocycles. The van der Waals surface area contributed by atoms with E-state index in [1.165, 1.54) is 0 Å². The highest BCUT2D eigenvalue weighted by Gasteiger charge is 2.05. The largest absolute Gasteiger partial charge is 0.481 e. The summed E-state index contributed by atoms with van der Waals surface area (Å²) in [6, 6.07) is 0.